The molecular formula is C33H34N4O8S. The lowest BCUT2D eigenvalue weighted by Gasteiger charge is -2.20. The van der Waals surface area contributed by atoms with Gasteiger partial charge in [0.15, 0.2) is 0 Å². The SMILES string of the molecule is C[C@H](NC(=O)OCc1ccccc1)C(=O)N[C@@H](CSC(=O)[C@H](Cc1cc2ccccc2[nH]1)NC(=O)OCc1ccccc1)C(=O)O. The number of aromatic amines is 1. The summed E-state index contributed by atoms with van der Waals surface area (Å²) in [4.78, 5) is 66.0. The molecule has 4 aromatic rings. The number of hydrogen-bond acceptors (Lipinski definition) is 8. The van der Waals surface area contributed by atoms with Crippen LogP contribution in [0.25, 0.3) is 10.9 Å². The molecule has 0 unspecified atom stereocenters. The first-order valence-corrected chi connectivity index (χ1v) is 15.4. The maximum absolute atomic E-state index is 13.4. The van der Waals surface area contributed by atoms with Crippen molar-refractivity contribution in [2.45, 2.75) is 44.7 Å². The summed E-state index contributed by atoms with van der Waals surface area (Å²) in [6.07, 6.45) is -1.59. The van der Waals surface area contributed by atoms with Gasteiger partial charge in [-0.15, -0.1) is 0 Å². The molecule has 0 aliphatic carbocycles. The van der Waals surface area contributed by atoms with Crippen LogP contribution in [0, 0.1) is 0 Å². The molecule has 1 heterocycles. The van der Waals surface area contributed by atoms with E-state index in [0.29, 0.717) is 17.5 Å². The lowest BCUT2D eigenvalue weighted by Crippen LogP contribution is -2.51. The van der Waals surface area contributed by atoms with Crippen LogP contribution in [0.15, 0.2) is 91.0 Å². The molecule has 4 rings (SSSR count). The number of rotatable bonds is 14. The Morgan fingerprint density at radius 2 is 1.33 bits per heavy atom. The summed E-state index contributed by atoms with van der Waals surface area (Å²) in [7, 11) is 0. The predicted octanol–water partition coefficient (Wildman–Crippen LogP) is 4.15. The first kappa shape index (κ1) is 33.6. The third-order valence-electron chi connectivity index (χ3n) is 6.75. The Bertz CT molecular complexity index is 1610. The molecule has 3 amide bonds. The molecule has 240 valence electrons. The molecule has 0 spiro atoms. The first-order valence-electron chi connectivity index (χ1n) is 14.4. The van der Waals surface area contributed by atoms with Crippen LogP contribution in [-0.4, -0.2) is 63.1 Å². The van der Waals surface area contributed by atoms with Gasteiger partial charge in [0.1, 0.15) is 31.3 Å². The van der Waals surface area contributed by atoms with Gasteiger partial charge in [-0.1, -0.05) is 90.6 Å². The van der Waals surface area contributed by atoms with Crippen LogP contribution in [0.4, 0.5) is 9.59 Å². The van der Waals surface area contributed by atoms with Gasteiger partial charge < -0.3 is 35.5 Å². The molecule has 0 aliphatic rings. The molecule has 0 saturated heterocycles. The zero-order valence-electron chi connectivity index (χ0n) is 24.9. The van der Waals surface area contributed by atoms with E-state index in [1.807, 2.05) is 54.6 Å². The van der Waals surface area contributed by atoms with Crippen LogP contribution < -0.4 is 16.0 Å². The highest BCUT2D eigenvalue weighted by atomic mass is 32.2. The molecule has 0 radical (unpaired) electrons. The van der Waals surface area contributed by atoms with Crippen LogP contribution in [0.2, 0.25) is 0 Å². The molecular weight excluding hydrogens is 612 g/mol. The molecule has 5 N–H and O–H groups in total. The van der Waals surface area contributed by atoms with Crippen molar-refractivity contribution in [3.05, 3.63) is 108 Å². The van der Waals surface area contributed by atoms with Gasteiger partial charge in [0.2, 0.25) is 11.0 Å². The quantitative estimate of drug-likeness (QED) is 0.135. The maximum atomic E-state index is 13.4. The van der Waals surface area contributed by atoms with Gasteiger partial charge in [0.05, 0.1) is 0 Å². The predicted molar refractivity (Wildman–Crippen MR) is 172 cm³/mol. The van der Waals surface area contributed by atoms with Crippen molar-refractivity contribution >= 4 is 51.8 Å². The Morgan fingerprint density at radius 1 is 0.761 bits per heavy atom. The molecule has 12 nitrogen and oxygen atoms in total. The molecule has 13 heteroatoms. The lowest BCUT2D eigenvalue weighted by molar-refractivity contribution is -0.141. The molecule has 3 aromatic carbocycles. The maximum Gasteiger partial charge on any atom is 0.408 e. The number of alkyl carbamates (subject to hydrolysis) is 2. The Balaban J connectivity index is 1.34. The Labute approximate surface area is 269 Å². The van der Waals surface area contributed by atoms with E-state index in [2.05, 4.69) is 20.9 Å². The Hall–Kier alpha value is -5.30. The van der Waals surface area contributed by atoms with E-state index in [9.17, 15) is 29.1 Å². The monoisotopic (exact) mass is 646 g/mol. The number of carbonyl (C=O) groups excluding carboxylic acids is 4. The number of amides is 3. The summed E-state index contributed by atoms with van der Waals surface area (Å²) in [5, 5.41) is 17.4. The van der Waals surface area contributed by atoms with Crippen molar-refractivity contribution in [3.8, 4) is 0 Å². The topological polar surface area (TPSA) is 176 Å². The highest BCUT2D eigenvalue weighted by Gasteiger charge is 2.28. The fourth-order valence-electron chi connectivity index (χ4n) is 4.31. The lowest BCUT2D eigenvalue weighted by atomic mass is 10.1. The number of aliphatic carboxylic acids is 1. The fraction of sp³-hybridized carbons (Fsp3) is 0.242. The van der Waals surface area contributed by atoms with Crippen molar-refractivity contribution in [1.29, 1.82) is 0 Å². The molecule has 46 heavy (non-hydrogen) atoms. The number of carboxylic acid groups (broad SMARTS) is 1. The summed E-state index contributed by atoms with van der Waals surface area (Å²) in [5.74, 6) is -2.50. The van der Waals surface area contributed by atoms with Gasteiger partial charge >= 0.3 is 18.2 Å². The number of carbonyl (C=O) groups is 5. The average molecular weight is 647 g/mol. The number of nitrogens with one attached hydrogen (secondary N) is 4. The van der Waals surface area contributed by atoms with Crippen molar-refractivity contribution in [2.24, 2.45) is 0 Å². The molecule has 0 saturated carbocycles. The number of aromatic nitrogens is 1. The highest BCUT2D eigenvalue weighted by molar-refractivity contribution is 8.13. The Morgan fingerprint density at radius 3 is 1.91 bits per heavy atom. The van der Waals surface area contributed by atoms with Crippen molar-refractivity contribution in [2.75, 3.05) is 5.75 Å². The Kier molecular flexibility index (Phi) is 12.2. The summed E-state index contributed by atoms with van der Waals surface area (Å²) in [6.45, 7) is 1.36. The van der Waals surface area contributed by atoms with E-state index in [-0.39, 0.29) is 25.4 Å². The largest absolute Gasteiger partial charge is 0.480 e. The number of thioether (sulfide) groups is 1. The van der Waals surface area contributed by atoms with Gasteiger partial charge in [0, 0.05) is 23.4 Å². The van der Waals surface area contributed by atoms with Gasteiger partial charge in [-0.25, -0.2) is 14.4 Å². The summed E-state index contributed by atoms with van der Waals surface area (Å²) < 4.78 is 10.4. The number of H-pyrrole nitrogens is 1. The normalized spacial score (nSPS) is 12.7. The molecule has 3 atom stereocenters. The minimum atomic E-state index is -1.47. The van der Waals surface area contributed by atoms with E-state index in [4.69, 9.17) is 9.47 Å². The summed E-state index contributed by atoms with van der Waals surface area (Å²) >= 11 is 0.646. The average Bonchev–Trinajstić information content (AvgIpc) is 3.47. The van der Waals surface area contributed by atoms with Crippen LogP contribution in [0.1, 0.15) is 23.7 Å². The third kappa shape index (κ3) is 10.4. The smallest absolute Gasteiger partial charge is 0.408 e. The third-order valence-corrected chi connectivity index (χ3v) is 7.82. The summed E-state index contributed by atoms with van der Waals surface area (Å²) in [6, 6.07) is 23.7. The number of para-hydroxylation sites is 1. The van der Waals surface area contributed by atoms with Crippen LogP contribution in [-0.2, 0) is 43.5 Å². The number of benzene rings is 3. The van der Waals surface area contributed by atoms with Crippen LogP contribution in [0.3, 0.4) is 0 Å². The second-order valence-corrected chi connectivity index (χ2v) is 11.3. The van der Waals surface area contributed by atoms with E-state index < -0.39 is 47.3 Å². The zero-order valence-corrected chi connectivity index (χ0v) is 25.8. The number of hydrogen-bond donors (Lipinski definition) is 5. The van der Waals surface area contributed by atoms with Crippen LogP contribution >= 0.6 is 11.8 Å². The van der Waals surface area contributed by atoms with Gasteiger partial charge in [-0.3, -0.25) is 9.59 Å². The molecule has 0 aliphatic heterocycles. The second-order valence-electron chi connectivity index (χ2n) is 10.3. The van der Waals surface area contributed by atoms with E-state index in [0.717, 1.165) is 22.0 Å². The standard InChI is InChI=1S/C33H34N4O8S/c1-21(34-32(42)44-18-22-10-4-2-5-11-22)29(38)36-28(30(39)40)20-46-31(41)27(17-25-16-24-14-8-9-15-26(24)35-25)37-33(43)45-19-23-12-6-3-7-13-23/h2-16,21,27-28,35H,17-20H2,1H3,(H,34,42)(H,36,38)(H,37,43)(H,39,40)/t21-,27-,28-/m0/s1. The number of carboxylic acids is 1. The van der Waals surface area contributed by atoms with E-state index >= 15 is 0 Å². The highest BCUT2D eigenvalue weighted by Crippen LogP contribution is 2.18. The fourth-order valence-corrected chi connectivity index (χ4v) is 5.21. The second kappa shape index (κ2) is 16.7. The molecule has 0 bridgehead atoms. The number of fused-ring (bicyclic) bond motifs is 1. The minimum Gasteiger partial charge on any atom is -0.480 e. The minimum absolute atomic E-state index is 0.00769. The van der Waals surface area contributed by atoms with Crippen molar-refractivity contribution < 1.29 is 38.6 Å². The van der Waals surface area contributed by atoms with Crippen LogP contribution in [0.5, 0.6) is 0 Å². The molecule has 1 aromatic heterocycles. The zero-order chi connectivity index (χ0) is 32.9. The van der Waals surface area contributed by atoms with Gasteiger partial charge in [-0.05, 0) is 35.6 Å². The van der Waals surface area contributed by atoms with E-state index in [1.54, 1.807) is 36.4 Å². The number of ether oxygens (including phenoxy) is 2. The van der Waals surface area contributed by atoms with Gasteiger partial charge in [0.25, 0.3) is 0 Å². The van der Waals surface area contributed by atoms with E-state index in [1.165, 1.54) is 6.92 Å². The van der Waals surface area contributed by atoms with Crippen molar-refractivity contribution in [1.82, 2.24) is 20.9 Å². The first-order chi connectivity index (χ1) is 22.2. The van der Waals surface area contributed by atoms with Gasteiger partial charge in [-0.2, -0.15) is 0 Å². The summed E-state index contributed by atoms with van der Waals surface area (Å²) in [5.41, 5.74) is 3.04. The van der Waals surface area contributed by atoms with Crippen molar-refractivity contribution in [3.63, 3.8) is 0 Å². The molecule has 0 fully saturated rings.